The molecule has 3 rings (SSSR count). The van der Waals surface area contributed by atoms with E-state index in [2.05, 4.69) is 25.0 Å². The lowest BCUT2D eigenvalue weighted by Crippen LogP contribution is -2.48. The number of hydrogen-bond acceptors (Lipinski definition) is 5. The topological polar surface area (TPSA) is 68.3 Å². The molecule has 23 heavy (non-hydrogen) atoms. The van der Waals surface area contributed by atoms with Crippen LogP contribution < -0.4 is 4.90 Å². The zero-order valence-corrected chi connectivity index (χ0v) is 13.6. The van der Waals surface area contributed by atoms with E-state index >= 15 is 0 Å². The fourth-order valence-electron chi connectivity index (χ4n) is 2.72. The van der Waals surface area contributed by atoms with Crippen LogP contribution in [0.3, 0.4) is 0 Å². The fourth-order valence-corrected chi connectivity index (χ4v) is 3.01. The van der Waals surface area contributed by atoms with E-state index in [1.54, 1.807) is 0 Å². The second-order valence-corrected chi connectivity index (χ2v) is 6.10. The maximum Gasteiger partial charge on any atom is 0.244 e. The second kappa shape index (κ2) is 6.82. The van der Waals surface area contributed by atoms with E-state index < -0.39 is 11.9 Å². The molecule has 1 aromatic carbocycles. The van der Waals surface area contributed by atoms with Gasteiger partial charge in [0.25, 0.3) is 0 Å². The maximum absolute atomic E-state index is 13.1. The highest BCUT2D eigenvalue weighted by Gasteiger charge is 2.22. The first-order chi connectivity index (χ1) is 11.0. The number of halogens is 2. The Labute approximate surface area is 138 Å². The van der Waals surface area contributed by atoms with Crippen molar-refractivity contribution in [3.63, 3.8) is 0 Å². The Morgan fingerprint density at radius 1 is 1.35 bits per heavy atom. The van der Waals surface area contributed by atoms with E-state index in [1.807, 2.05) is 6.92 Å². The average Bonchev–Trinajstić information content (AvgIpc) is 2.94. The number of aliphatic hydroxyl groups is 1. The van der Waals surface area contributed by atoms with E-state index in [-0.39, 0.29) is 5.02 Å². The monoisotopic (exact) mass is 339 g/mol. The zero-order valence-electron chi connectivity index (χ0n) is 12.8. The largest absolute Gasteiger partial charge is 0.387 e. The van der Waals surface area contributed by atoms with Gasteiger partial charge in [-0.15, -0.1) is 5.10 Å². The number of anilines is 1. The molecule has 1 aliphatic heterocycles. The van der Waals surface area contributed by atoms with Crippen molar-refractivity contribution in [3.8, 4) is 0 Å². The molecule has 1 atom stereocenters. The van der Waals surface area contributed by atoms with Gasteiger partial charge in [0.15, 0.2) is 0 Å². The Kier molecular flexibility index (Phi) is 4.79. The summed E-state index contributed by atoms with van der Waals surface area (Å²) in [4.78, 5) is 8.59. The third-order valence-corrected chi connectivity index (χ3v) is 4.32. The van der Waals surface area contributed by atoms with E-state index in [1.165, 1.54) is 18.2 Å². The molecule has 1 saturated heterocycles. The van der Waals surface area contributed by atoms with Crippen molar-refractivity contribution in [2.45, 2.75) is 13.0 Å². The molecule has 0 amide bonds. The number of nitrogens with one attached hydrogen (secondary N) is 1. The lowest BCUT2D eigenvalue weighted by Gasteiger charge is -2.35. The number of aliphatic hydroxyl groups excluding tert-OH is 1. The molecule has 1 fully saturated rings. The van der Waals surface area contributed by atoms with Gasteiger partial charge in [-0.1, -0.05) is 17.7 Å². The summed E-state index contributed by atoms with van der Waals surface area (Å²) < 4.78 is 13.1. The molecule has 2 heterocycles. The highest BCUT2D eigenvalue weighted by Crippen LogP contribution is 2.25. The minimum Gasteiger partial charge on any atom is -0.387 e. The Balaban J connectivity index is 1.56. The lowest BCUT2D eigenvalue weighted by atomic mass is 10.1. The van der Waals surface area contributed by atoms with Crippen LogP contribution in [-0.2, 0) is 0 Å². The fraction of sp³-hybridized carbons (Fsp3) is 0.467. The maximum atomic E-state index is 13.1. The number of aromatic nitrogens is 3. The minimum atomic E-state index is -0.736. The number of H-pyrrole nitrogens is 1. The third kappa shape index (κ3) is 3.80. The first-order valence-electron chi connectivity index (χ1n) is 7.52. The number of aromatic amines is 1. The highest BCUT2D eigenvalue weighted by molar-refractivity contribution is 6.31. The molecule has 0 bridgehead atoms. The van der Waals surface area contributed by atoms with Gasteiger partial charge in [-0.3, -0.25) is 10.00 Å². The summed E-state index contributed by atoms with van der Waals surface area (Å²) in [7, 11) is 0. The standard InChI is InChI=1S/C15H19ClFN5O/c1-10-18-15(20-19-10)22-6-4-21(5-7-22)9-14(23)12-3-2-11(17)8-13(12)16/h2-3,8,14,23H,4-7,9H2,1H3,(H,18,19,20). The van der Waals surface area contributed by atoms with Gasteiger partial charge in [0, 0.05) is 43.3 Å². The van der Waals surface area contributed by atoms with Crippen molar-refractivity contribution in [2.24, 2.45) is 0 Å². The molecule has 1 unspecified atom stereocenters. The number of benzene rings is 1. The van der Waals surface area contributed by atoms with E-state index in [0.717, 1.165) is 32.0 Å². The van der Waals surface area contributed by atoms with Crippen LogP contribution in [0.1, 0.15) is 17.5 Å². The van der Waals surface area contributed by atoms with E-state index in [9.17, 15) is 9.50 Å². The molecular weight excluding hydrogens is 321 g/mol. The van der Waals surface area contributed by atoms with Crippen LogP contribution >= 0.6 is 11.6 Å². The van der Waals surface area contributed by atoms with Crippen molar-refractivity contribution >= 4 is 17.5 Å². The average molecular weight is 340 g/mol. The normalized spacial score (nSPS) is 17.5. The molecule has 0 aliphatic carbocycles. The zero-order chi connectivity index (χ0) is 16.4. The molecule has 8 heteroatoms. The smallest absolute Gasteiger partial charge is 0.244 e. The van der Waals surface area contributed by atoms with Crippen molar-refractivity contribution in [1.82, 2.24) is 20.1 Å². The van der Waals surface area contributed by atoms with Gasteiger partial charge in [0.1, 0.15) is 11.6 Å². The first-order valence-corrected chi connectivity index (χ1v) is 7.90. The molecule has 2 N–H and O–H groups in total. The van der Waals surface area contributed by atoms with Crippen molar-refractivity contribution in [3.05, 3.63) is 40.4 Å². The van der Waals surface area contributed by atoms with Gasteiger partial charge in [-0.25, -0.2) is 4.39 Å². The molecule has 0 radical (unpaired) electrons. The number of β-amino-alcohol motifs (C(OH)–C–C–N with tert-alkyl or cyclic N) is 1. The number of piperazine rings is 1. The van der Waals surface area contributed by atoms with Gasteiger partial charge in [-0.2, -0.15) is 4.98 Å². The van der Waals surface area contributed by atoms with Crippen LogP contribution in [-0.4, -0.2) is 57.9 Å². The quantitative estimate of drug-likeness (QED) is 0.888. The second-order valence-electron chi connectivity index (χ2n) is 5.69. The van der Waals surface area contributed by atoms with Crippen LogP contribution in [0, 0.1) is 12.7 Å². The molecule has 2 aromatic rings. The van der Waals surface area contributed by atoms with Gasteiger partial charge < -0.3 is 10.0 Å². The summed E-state index contributed by atoms with van der Waals surface area (Å²) in [5, 5.41) is 17.6. The summed E-state index contributed by atoms with van der Waals surface area (Å²) in [5.41, 5.74) is 0.556. The molecular formula is C15H19ClFN5O. The van der Waals surface area contributed by atoms with Gasteiger partial charge >= 0.3 is 0 Å². The SMILES string of the molecule is Cc1nc(N2CCN(CC(O)c3ccc(F)cc3Cl)CC2)n[nH]1. The highest BCUT2D eigenvalue weighted by atomic mass is 35.5. The Morgan fingerprint density at radius 3 is 2.70 bits per heavy atom. The number of nitrogens with zero attached hydrogens (tertiary/aromatic N) is 4. The Morgan fingerprint density at radius 2 is 2.09 bits per heavy atom. The van der Waals surface area contributed by atoms with Crippen LogP contribution in [0.4, 0.5) is 10.3 Å². The Bertz CT molecular complexity index is 672. The van der Waals surface area contributed by atoms with Gasteiger partial charge in [-0.05, 0) is 19.1 Å². The predicted octanol–water partition coefficient (Wildman–Crippen LogP) is 1.76. The van der Waals surface area contributed by atoms with Crippen LogP contribution in [0.5, 0.6) is 0 Å². The number of hydrogen-bond donors (Lipinski definition) is 2. The minimum absolute atomic E-state index is 0.257. The summed E-state index contributed by atoms with van der Waals surface area (Å²) in [6.07, 6.45) is -0.736. The molecule has 0 spiro atoms. The lowest BCUT2D eigenvalue weighted by molar-refractivity contribution is 0.109. The molecule has 1 aliphatic rings. The molecule has 1 aromatic heterocycles. The van der Waals surface area contributed by atoms with Crippen molar-refractivity contribution in [1.29, 1.82) is 0 Å². The molecule has 0 saturated carbocycles. The summed E-state index contributed by atoms with van der Waals surface area (Å²) in [6.45, 7) is 5.51. The van der Waals surface area contributed by atoms with Gasteiger partial charge in [0.05, 0.1) is 6.10 Å². The van der Waals surface area contributed by atoms with E-state index in [0.29, 0.717) is 18.1 Å². The number of aryl methyl sites for hydroxylation is 1. The van der Waals surface area contributed by atoms with Crippen molar-refractivity contribution < 1.29 is 9.50 Å². The first kappa shape index (κ1) is 16.2. The molecule has 6 nitrogen and oxygen atoms in total. The molecule has 124 valence electrons. The third-order valence-electron chi connectivity index (χ3n) is 3.99. The van der Waals surface area contributed by atoms with Crippen molar-refractivity contribution in [2.75, 3.05) is 37.6 Å². The van der Waals surface area contributed by atoms with Crippen LogP contribution in [0.15, 0.2) is 18.2 Å². The predicted molar refractivity (Wildman–Crippen MR) is 86.1 cm³/mol. The Hall–Kier alpha value is -1.70. The summed E-state index contributed by atoms with van der Waals surface area (Å²) in [5.74, 6) is 1.11. The van der Waals surface area contributed by atoms with E-state index in [4.69, 9.17) is 11.6 Å². The summed E-state index contributed by atoms with van der Waals surface area (Å²) >= 11 is 6.00. The van der Waals surface area contributed by atoms with Crippen LogP contribution in [0.2, 0.25) is 5.02 Å². The van der Waals surface area contributed by atoms with Gasteiger partial charge in [0.2, 0.25) is 5.95 Å². The van der Waals surface area contributed by atoms with Crippen LogP contribution in [0.25, 0.3) is 0 Å². The summed E-state index contributed by atoms with van der Waals surface area (Å²) in [6, 6.07) is 4.08. The number of rotatable bonds is 4.